The maximum atomic E-state index is 12.4. The second kappa shape index (κ2) is 6.50. The summed E-state index contributed by atoms with van der Waals surface area (Å²) in [5.41, 5.74) is 0.855. The number of nitrogens with one attached hydrogen (secondary N) is 1. The van der Waals surface area contributed by atoms with Gasteiger partial charge in [-0.05, 0) is 24.6 Å². The van der Waals surface area contributed by atoms with E-state index in [1.807, 2.05) is 0 Å². The average Bonchev–Trinajstić information content (AvgIpc) is 3.14. The summed E-state index contributed by atoms with van der Waals surface area (Å²) in [6, 6.07) is 4.60. The van der Waals surface area contributed by atoms with Crippen LogP contribution in [0.4, 0.5) is 0 Å². The van der Waals surface area contributed by atoms with E-state index < -0.39 is 10.0 Å². The maximum Gasteiger partial charge on any atom is 0.251 e. The number of sulfonamides is 1. The van der Waals surface area contributed by atoms with Gasteiger partial charge in [0.1, 0.15) is 11.3 Å². The van der Waals surface area contributed by atoms with Crippen LogP contribution in [0.15, 0.2) is 29.4 Å². The van der Waals surface area contributed by atoms with Crippen LogP contribution in [0, 0.1) is 6.92 Å². The third kappa shape index (κ3) is 3.38. The molecule has 0 saturated carbocycles. The number of rotatable bonds is 5. The smallest absolute Gasteiger partial charge is 0.251 e. The van der Waals surface area contributed by atoms with Crippen molar-refractivity contribution in [3.63, 3.8) is 0 Å². The first-order chi connectivity index (χ1) is 11.8. The molecule has 0 spiro atoms. The number of carbonyl (C=O) groups excluding carboxylic acids is 1. The fourth-order valence-electron chi connectivity index (χ4n) is 2.15. The van der Waals surface area contributed by atoms with E-state index in [4.69, 9.17) is 0 Å². The van der Waals surface area contributed by atoms with Gasteiger partial charge < -0.3 is 5.32 Å². The fraction of sp³-hybridized carbons (Fsp3) is 0.286. The number of hydrogen-bond acceptors (Lipinski definition) is 7. The first-order valence-corrected chi connectivity index (χ1v) is 9.52. The SMILES string of the molecule is Cc1ccc(C(=O)NCc2nn3cnnc3s2)cc1S(=O)(=O)N(C)C. The Morgan fingerprint density at radius 1 is 1.36 bits per heavy atom. The van der Waals surface area contributed by atoms with Gasteiger partial charge in [0, 0.05) is 19.7 Å². The minimum absolute atomic E-state index is 0.115. The van der Waals surface area contributed by atoms with Gasteiger partial charge in [0.05, 0.1) is 11.4 Å². The van der Waals surface area contributed by atoms with Crippen molar-refractivity contribution >= 4 is 32.2 Å². The minimum atomic E-state index is -3.62. The Morgan fingerprint density at radius 2 is 2.12 bits per heavy atom. The van der Waals surface area contributed by atoms with Crippen molar-refractivity contribution in [1.29, 1.82) is 0 Å². The summed E-state index contributed by atoms with van der Waals surface area (Å²) in [5, 5.41) is 15.2. The molecule has 1 N–H and O–H groups in total. The number of hydrogen-bond donors (Lipinski definition) is 1. The van der Waals surface area contributed by atoms with Gasteiger partial charge in [0.2, 0.25) is 15.0 Å². The van der Waals surface area contributed by atoms with E-state index in [1.54, 1.807) is 19.1 Å². The lowest BCUT2D eigenvalue weighted by molar-refractivity contribution is 0.0950. The highest BCUT2D eigenvalue weighted by Gasteiger charge is 2.21. The highest BCUT2D eigenvalue weighted by molar-refractivity contribution is 7.89. The normalized spacial score (nSPS) is 12.0. The summed E-state index contributed by atoms with van der Waals surface area (Å²) in [5.74, 6) is -0.374. The largest absolute Gasteiger partial charge is 0.345 e. The van der Waals surface area contributed by atoms with Gasteiger partial charge in [-0.2, -0.15) is 9.61 Å². The predicted octanol–water partition coefficient (Wildman–Crippen LogP) is 0.675. The lowest BCUT2D eigenvalue weighted by Gasteiger charge is -2.14. The standard InChI is InChI=1S/C14H16N6O3S2/c1-9-4-5-10(6-11(9)25(22,23)19(2)3)13(21)15-7-12-18-20-8-16-17-14(20)24-12/h4-6,8H,7H2,1-3H3,(H,15,21). The van der Waals surface area contributed by atoms with E-state index in [0.717, 1.165) is 4.31 Å². The van der Waals surface area contributed by atoms with Crippen molar-refractivity contribution in [3.05, 3.63) is 40.7 Å². The van der Waals surface area contributed by atoms with Crippen LogP contribution >= 0.6 is 11.3 Å². The molecule has 3 rings (SSSR count). The van der Waals surface area contributed by atoms with Crippen LogP contribution in [0.2, 0.25) is 0 Å². The van der Waals surface area contributed by atoms with Crippen LogP contribution in [-0.2, 0) is 16.6 Å². The second-order valence-electron chi connectivity index (χ2n) is 5.50. The monoisotopic (exact) mass is 380 g/mol. The molecule has 25 heavy (non-hydrogen) atoms. The Hall–Kier alpha value is -2.37. The van der Waals surface area contributed by atoms with Crippen molar-refractivity contribution in [3.8, 4) is 0 Å². The molecule has 2 aromatic heterocycles. The molecule has 0 atom stereocenters. The van der Waals surface area contributed by atoms with E-state index >= 15 is 0 Å². The molecule has 1 amide bonds. The summed E-state index contributed by atoms with van der Waals surface area (Å²) in [7, 11) is -0.709. The summed E-state index contributed by atoms with van der Waals surface area (Å²) >= 11 is 1.32. The number of aromatic nitrogens is 4. The zero-order chi connectivity index (χ0) is 18.2. The van der Waals surface area contributed by atoms with Gasteiger partial charge in [-0.15, -0.1) is 10.2 Å². The Balaban J connectivity index is 1.79. The number of amides is 1. The van der Waals surface area contributed by atoms with Crippen molar-refractivity contribution in [2.24, 2.45) is 0 Å². The summed E-state index contributed by atoms with van der Waals surface area (Å²) in [6.07, 6.45) is 1.48. The van der Waals surface area contributed by atoms with E-state index in [1.165, 1.54) is 42.3 Å². The van der Waals surface area contributed by atoms with Crippen molar-refractivity contribution in [1.82, 2.24) is 29.4 Å². The van der Waals surface area contributed by atoms with Gasteiger partial charge in [0.25, 0.3) is 5.91 Å². The number of benzene rings is 1. The molecular weight excluding hydrogens is 364 g/mol. The van der Waals surface area contributed by atoms with Crippen LogP contribution in [0.1, 0.15) is 20.9 Å². The highest BCUT2D eigenvalue weighted by Crippen LogP contribution is 2.20. The number of fused-ring (bicyclic) bond motifs is 1. The molecule has 0 aliphatic rings. The molecule has 11 heteroatoms. The third-order valence-electron chi connectivity index (χ3n) is 3.54. The Kier molecular flexibility index (Phi) is 4.54. The summed E-state index contributed by atoms with van der Waals surface area (Å²) in [4.78, 5) is 13.1. The lowest BCUT2D eigenvalue weighted by Crippen LogP contribution is -2.25. The van der Waals surface area contributed by atoms with E-state index in [2.05, 4.69) is 20.6 Å². The van der Waals surface area contributed by atoms with Gasteiger partial charge in [-0.1, -0.05) is 17.4 Å². The minimum Gasteiger partial charge on any atom is -0.345 e. The zero-order valence-electron chi connectivity index (χ0n) is 13.8. The molecule has 0 radical (unpaired) electrons. The van der Waals surface area contributed by atoms with Crippen LogP contribution in [0.5, 0.6) is 0 Å². The lowest BCUT2D eigenvalue weighted by atomic mass is 10.1. The van der Waals surface area contributed by atoms with Crippen molar-refractivity contribution < 1.29 is 13.2 Å². The molecule has 0 bridgehead atoms. The van der Waals surface area contributed by atoms with Crippen LogP contribution in [-0.4, -0.2) is 52.5 Å². The van der Waals surface area contributed by atoms with Gasteiger partial charge in [0.15, 0.2) is 0 Å². The maximum absolute atomic E-state index is 12.4. The number of carbonyl (C=O) groups is 1. The number of nitrogens with zero attached hydrogens (tertiary/aromatic N) is 5. The molecule has 132 valence electrons. The number of aryl methyl sites for hydroxylation is 1. The highest BCUT2D eigenvalue weighted by atomic mass is 32.2. The molecule has 0 fully saturated rings. The molecule has 0 saturated heterocycles. The molecule has 0 aliphatic carbocycles. The first kappa shape index (κ1) is 17.5. The summed E-state index contributed by atoms with van der Waals surface area (Å²) < 4.78 is 27.3. The summed E-state index contributed by atoms with van der Waals surface area (Å²) in [6.45, 7) is 1.91. The quantitative estimate of drug-likeness (QED) is 0.697. The van der Waals surface area contributed by atoms with Gasteiger partial charge in [-0.25, -0.2) is 12.7 Å². The average molecular weight is 380 g/mol. The predicted molar refractivity (Wildman–Crippen MR) is 91.9 cm³/mol. The molecule has 3 aromatic rings. The molecule has 1 aromatic carbocycles. The van der Waals surface area contributed by atoms with Crippen LogP contribution < -0.4 is 5.32 Å². The van der Waals surface area contributed by atoms with Crippen LogP contribution in [0.25, 0.3) is 4.96 Å². The molecule has 9 nitrogen and oxygen atoms in total. The second-order valence-corrected chi connectivity index (χ2v) is 8.67. The third-order valence-corrected chi connectivity index (χ3v) is 6.41. The molecular formula is C14H16N6O3S2. The topological polar surface area (TPSA) is 110 Å². The van der Waals surface area contributed by atoms with Crippen molar-refractivity contribution in [2.75, 3.05) is 14.1 Å². The Labute approximate surface area is 148 Å². The van der Waals surface area contributed by atoms with Crippen LogP contribution in [0.3, 0.4) is 0 Å². The Bertz CT molecular complexity index is 1010. The van der Waals surface area contributed by atoms with Gasteiger partial charge in [-0.3, -0.25) is 4.79 Å². The first-order valence-electron chi connectivity index (χ1n) is 7.26. The molecule has 0 aliphatic heterocycles. The fourth-order valence-corrected chi connectivity index (χ4v) is 4.04. The van der Waals surface area contributed by atoms with E-state index in [0.29, 0.717) is 15.5 Å². The molecule has 0 unspecified atom stereocenters. The van der Waals surface area contributed by atoms with Gasteiger partial charge >= 0.3 is 0 Å². The zero-order valence-corrected chi connectivity index (χ0v) is 15.4. The van der Waals surface area contributed by atoms with E-state index in [-0.39, 0.29) is 22.9 Å². The van der Waals surface area contributed by atoms with Crippen molar-refractivity contribution in [2.45, 2.75) is 18.4 Å². The Morgan fingerprint density at radius 3 is 2.80 bits per heavy atom. The molecule has 2 heterocycles. The van der Waals surface area contributed by atoms with E-state index in [9.17, 15) is 13.2 Å².